The van der Waals surface area contributed by atoms with Gasteiger partial charge in [-0.15, -0.1) is 0 Å². The van der Waals surface area contributed by atoms with Gasteiger partial charge in [0.15, 0.2) is 0 Å². The van der Waals surface area contributed by atoms with E-state index >= 15 is 0 Å². The Bertz CT molecular complexity index is 266. The summed E-state index contributed by atoms with van der Waals surface area (Å²) in [6.45, 7) is 1.84. The molecule has 0 aliphatic carbocycles. The van der Waals surface area contributed by atoms with Crippen LogP contribution in [-0.4, -0.2) is 48.1 Å². The summed E-state index contributed by atoms with van der Waals surface area (Å²) in [6, 6.07) is 0. The molecule has 0 aromatic rings. The number of ether oxygens (including phenoxy) is 2. The summed E-state index contributed by atoms with van der Waals surface area (Å²) in [5, 5.41) is 17.1. The Morgan fingerprint density at radius 2 is 1.60 bits per heavy atom. The zero-order valence-electron chi connectivity index (χ0n) is 12.2. The molecule has 0 amide bonds. The van der Waals surface area contributed by atoms with Crippen LogP contribution in [0.3, 0.4) is 0 Å². The molecule has 0 aromatic heterocycles. The fraction of sp³-hybridized carbons (Fsp3) is 0.857. The Labute approximate surface area is 120 Å². The topological polar surface area (TPSA) is 93.1 Å². The predicted octanol–water partition coefficient (Wildman–Crippen LogP) is 1.18. The second-order valence-electron chi connectivity index (χ2n) is 4.67. The molecule has 0 aliphatic heterocycles. The smallest absolute Gasteiger partial charge is 0.306 e. The highest BCUT2D eigenvalue weighted by Crippen LogP contribution is 2.08. The number of carbonyl (C=O) groups is 2. The molecule has 0 saturated carbocycles. The van der Waals surface area contributed by atoms with E-state index in [0.717, 1.165) is 19.3 Å². The number of hydrogen-bond donors (Lipinski definition) is 2. The van der Waals surface area contributed by atoms with Gasteiger partial charge >= 0.3 is 11.9 Å². The quantitative estimate of drug-likeness (QED) is 0.414. The van der Waals surface area contributed by atoms with Crippen molar-refractivity contribution >= 4 is 11.9 Å². The molecule has 0 aliphatic rings. The van der Waals surface area contributed by atoms with Crippen LogP contribution in [-0.2, 0) is 19.1 Å². The van der Waals surface area contributed by atoms with Gasteiger partial charge in [0, 0.05) is 19.4 Å². The van der Waals surface area contributed by atoms with Gasteiger partial charge in [0.25, 0.3) is 0 Å². The van der Waals surface area contributed by atoms with Crippen LogP contribution < -0.4 is 0 Å². The summed E-state index contributed by atoms with van der Waals surface area (Å²) in [6.07, 6.45) is 3.86. The lowest BCUT2D eigenvalue weighted by Gasteiger charge is -2.12. The molecule has 0 spiro atoms. The Hall–Kier alpha value is -1.14. The molecule has 0 radical (unpaired) electrons. The van der Waals surface area contributed by atoms with Crippen molar-refractivity contribution in [2.45, 2.75) is 58.0 Å². The Balaban J connectivity index is 3.50. The van der Waals surface area contributed by atoms with Crippen LogP contribution in [0.15, 0.2) is 0 Å². The largest absolute Gasteiger partial charge is 0.463 e. The van der Waals surface area contributed by atoms with Crippen LogP contribution in [0, 0.1) is 0 Å². The van der Waals surface area contributed by atoms with Crippen LogP contribution >= 0.6 is 0 Å². The van der Waals surface area contributed by atoms with E-state index in [1.54, 1.807) is 0 Å². The van der Waals surface area contributed by atoms with Crippen molar-refractivity contribution < 1.29 is 29.3 Å². The number of aliphatic hydroxyl groups is 2. The second kappa shape index (κ2) is 12.9. The average molecular weight is 290 g/mol. The molecule has 1 atom stereocenters. The highest BCUT2D eigenvalue weighted by Gasteiger charge is 2.10. The van der Waals surface area contributed by atoms with Crippen LogP contribution in [0.1, 0.15) is 51.9 Å². The number of carbonyl (C=O) groups excluding carboxylic acids is 2. The number of rotatable bonds is 12. The maximum absolute atomic E-state index is 11.5. The highest BCUT2D eigenvalue weighted by molar-refractivity contribution is 5.70. The fourth-order valence-corrected chi connectivity index (χ4v) is 1.66. The molecule has 20 heavy (non-hydrogen) atoms. The zero-order valence-corrected chi connectivity index (χ0v) is 12.2. The van der Waals surface area contributed by atoms with Gasteiger partial charge in [0.1, 0.15) is 6.61 Å². The van der Waals surface area contributed by atoms with Crippen molar-refractivity contribution in [1.82, 2.24) is 0 Å². The Kier molecular flexibility index (Phi) is 12.1. The van der Waals surface area contributed by atoms with Gasteiger partial charge < -0.3 is 19.7 Å². The Morgan fingerprint density at radius 1 is 0.950 bits per heavy atom. The molecular formula is C14H26O6. The number of unbranched alkanes of at least 4 members (excludes halogenated alkanes) is 2. The van der Waals surface area contributed by atoms with E-state index in [4.69, 9.17) is 19.7 Å². The molecule has 0 rings (SSSR count). The van der Waals surface area contributed by atoms with Crippen LogP contribution in [0.25, 0.3) is 0 Å². The Morgan fingerprint density at radius 3 is 2.20 bits per heavy atom. The van der Waals surface area contributed by atoms with E-state index in [1.165, 1.54) is 0 Å². The van der Waals surface area contributed by atoms with Crippen LogP contribution in [0.5, 0.6) is 0 Å². The van der Waals surface area contributed by atoms with E-state index in [-0.39, 0.29) is 50.7 Å². The van der Waals surface area contributed by atoms with Gasteiger partial charge in [-0.2, -0.15) is 0 Å². The summed E-state index contributed by atoms with van der Waals surface area (Å²) >= 11 is 0. The first-order valence-electron chi connectivity index (χ1n) is 7.17. The first-order chi connectivity index (χ1) is 9.60. The number of aliphatic hydroxyl groups excluding tert-OH is 2. The molecule has 6 heteroatoms. The van der Waals surface area contributed by atoms with E-state index in [0.29, 0.717) is 12.8 Å². The molecule has 0 heterocycles. The predicted molar refractivity (Wildman–Crippen MR) is 73.0 cm³/mol. The van der Waals surface area contributed by atoms with Crippen molar-refractivity contribution in [2.75, 3.05) is 19.8 Å². The summed E-state index contributed by atoms with van der Waals surface area (Å²) in [7, 11) is 0. The molecular weight excluding hydrogens is 264 g/mol. The summed E-state index contributed by atoms with van der Waals surface area (Å²) in [5.74, 6) is -0.616. The van der Waals surface area contributed by atoms with Crippen LogP contribution in [0.2, 0.25) is 0 Å². The molecule has 2 N–H and O–H groups in total. The standard InChI is InChI=1S/C14H26O6/c1-12(6-4-5-9-15)20-14(18)8-3-2-7-13(17)19-11-10-16/h12,15-16H,2-11H2,1H3. The summed E-state index contributed by atoms with van der Waals surface area (Å²) in [4.78, 5) is 22.6. The summed E-state index contributed by atoms with van der Waals surface area (Å²) in [5.41, 5.74) is 0. The van der Waals surface area contributed by atoms with Gasteiger partial charge in [-0.1, -0.05) is 0 Å². The van der Waals surface area contributed by atoms with E-state index in [9.17, 15) is 9.59 Å². The van der Waals surface area contributed by atoms with Gasteiger partial charge in [-0.05, 0) is 39.0 Å². The van der Waals surface area contributed by atoms with Crippen molar-refractivity contribution in [3.8, 4) is 0 Å². The molecule has 0 fully saturated rings. The van der Waals surface area contributed by atoms with Gasteiger partial charge in [0.2, 0.25) is 0 Å². The van der Waals surface area contributed by atoms with Crippen molar-refractivity contribution in [3.05, 3.63) is 0 Å². The minimum absolute atomic E-state index is 0.0201. The first-order valence-corrected chi connectivity index (χ1v) is 7.17. The monoisotopic (exact) mass is 290 g/mol. The molecule has 6 nitrogen and oxygen atoms in total. The third-order valence-corrected chi connectivity index (χ3v) is 2.72. The molecule has 0 saturated heterocycles. The van der Waals surface area contributed by atoms with Crippen molar-refractivity contribution in [2.24, 2.45) is 0 Å². The zero-order chi connectivity index (χ0) is 15.2. The van der Waals surface area contributed by atoms with E-state index in [2.05, 4.69) is 0 Å². The van der Waals surface area contributed by atoms with Crippen LogP contribution in [0.4, 0.5) is 0 Å². The third-order valence-electron chi connectivity index (χ3n) is 2.72. The SMILES string of the molecule is CC(CCCCO)OC(=O)CCCCC(=O)OCCO. The average Bonchev–Trinajstić information content (AvgIpc) is 2.41. The maximum atomic E-state index is 11.5. The van der Waals surface area contributed by atoms with E-state index < -0.39 is 0 Å². The van der Waals surface area contributed by atoms with Gasteiger partial charge in [-0.25, -0.2) is 0 Å². The molecule has 118 valence electrons. The highest BCUT2D eigenvalue weighted by atomic mass is 16.5. The third kappa shape index (κ3) is 11.9. The lowest BCUT2D eigenvalue weighted by atomic mass is 10.1. The second-order valence-corrected chi connectivity index (χ2v) is 4.67. The molecule has 1 unspecified atom stereocenters. The minimum atomic E-state index is -0.357. The minimum Gasteiger partial charge on any atom is -0.463 e. The van der Waals surface area contributed by atoms with Crippen molar-refractivity contribution in [1.29, 1.82) is 0 Å². The summed E-state index contributed by atoms with van der Waals surface area (Å²) < 4.78 is 9.89. The maximum Gasteiger partial charge on any atom is 0.306 e. The van der Waals surface area contributed by atoms with E-state index in [1.807, 2.05) is 6.92 Å². The lowest BCUT2D eigenvalue weighted by molar-refractivity contribution is -0.149. The molecule has 0 bridgehead atoms. The number of esters is 2. The lowest BCUT2D eigenvalue weighted by Crippen LogP contribution is -2.15. The first kappa shape index (κ1) is 18.9. The fourth-order valence-electron chi connectivity index (χ4n) is 1.66. The van der Waals surface area contributed by atoms with Gasteiger partial charge in [0.05, 0.1) is 12.7 Å². The van der Waals surface area contributed by atoms with Crippen molar-refractivity contribution in [3.63, 3.8) is 0 Å². The number of hydrogen-bond acceptors (Lipinski definition) is 6. The van der Waals surface area contributed by atoms with Gasteiger partial charge in [-0.3, -0.25) is 9.59 Å². The molecule has 0 aromatic carbocycles. The normalized spacial score (nSPS) is 11.9.